The van der Waals surface area contributed by atoms with Crippen molar-refractivity contribution in [1.29, 1.82) is 0 Å². The third-order valence-corrected chi connectivity index (χ3v) is 6.27. The van der Waals surface area contributed by atoms with Gasteiger partial charge in [-0.05, 0) is 37.3 Å². The van der Waals surface area contributed by atoms with Crippen LogP contribution in [0.4, 0.5) is 0 Å². The van der Waals surface area contributed by atoms with E-state index in [4.69, 9.17) is 0 Å². The SMILES string of the molecule is CCCCCCCCCCCCCCC(C(=O)C(C)(C)O)c1ccc(C(C)C)cc1. The molecule has 0 spiro atoms. The average molecular weight is 417 g/mol. The molecule has 1 atom stereocenters. The Labute approximate surface area is 186 Å². The van der Waals surface area contributed by atoms with Gasteiger partial charge in [0.25, 0.3) is 0 Å². The predicted molar refractivity (Wildman–Crippen MR) is 130 cm³/mol. The van der Waals surface area contributed by atoms with E-state index in [-0.39, 0.29) is 11.7 Å². The molecule has 0 amide bonds. The highest BCUT2D eigenvalue weighted by molar-refractivity contribution is 5.92. The van der Waals surface area contributed by atoms with E-state index >= 15 is 0 Å². The summed E-state index contributed by atoms with van der Waals surface area (Å²) < 4.78 is 0. The van der Waals surface area contributed by atoms with Gasteiger partial charge in [-0.1, -0.05) is 122 Å². The van der Waals surface area contributed by atoms with Gasteiger partial charge in [-0.2, -0.15) is 0 Å². The topological polar surface area (TPSA) is 37.3 Å². The van der Waals surface area contributed by atoms with Crippen molar-refractivity contribution in [2.24, 2.45) is 0 Å². The van der Waals surface area contributed by atoms with Crippen LogP contribution in [0.1, 0.15) is 141 Å². The summed E-state index contributed by atoms with van der Waals surface area (Å²) in [6.07, 6.45) is 16.6. The maximum Gasteiger partial charge on any atom is 0.171 e. The fourth-order valence-corrected chi connectivity index (χ4v) is 4.18. The van der Waals surface area contributed by atoms with Crippen LogP contribution in [-0.4, -0.2) is 16.5 Å². The molecular formula is C28H48O2. The monoisotopic (exact) mass is 416 g/mol. The summed E-state index contributed by atoms with van der Waals surface area (Å²) in [4.78, 5) is 12.9. The van der Waals surface area contributed by atoms with Crippen molar-refractivity contribution in [3.63, 3.8) is 0 Å². The molecule has 0 aliphatic carbocycles. The first kappa shape index (κ1) is 26.9. The highest BCUT2D eigenvalue weighted by Gasteiger charge is 2.32. The van der Waals surface area contributed by atoms with Gasteiger partial charge in [-0.3, -0.25) is 4.79 Å². The van der Waals surface area contributed by atoms with E-state index in [0.29, 0.717) is 5.92 Å². The number of carbonyl (C=O) groups excluding carboxylic acids is 1. The number of benzene rings is 1. The van der Waals surface area contributed by atoms with Gasteiger partial charge in [0.05, 0.1) is 0 Å². The second-order valence-electron chi connectivity index (χ2n) is 9.97. The molecule has 0 radical (unpaired) electrons. The van der Waals surface area contributed by atoms with E-state index in [1.165, 1.54) is 76.2 Å². The number of unbranched alkanes of at least 4 members (excludes halogenated alkanes) is 11. The minimum absolute atomic E-state index is 0.0529. The van der Waals surface area contributed by atoms with Crippen molar-refractivity contribution in [1.82, 2.24) is 0 Å². The lowest BCUT2D eigenvalue weighted by atomic mass is 9.82. The minimum atomic E-state index is -1.28. The number of aliphatic hydroxyl groups is 1. The van der Waals surface area contributed by atoms with Crippen molar-refractivity contribution >= 4 is 5.78 Å². The van der Waals surface area contributed by atoms with Gasteiger partial charge in [-0.25, -0.2) is 0 Å². The lowest BCUT2D eigenvalue weighted by molar-refractivity contribution is -0.135. The van der Waals surface area contributed by atoms with Crippen LogP contribution in [0, 0.1) is 0 Å². The molecule has 0 saturated carbocycles. The third kappa shape index (κ3) is 10.8. The summed E-state index contributed by atoms with van der Waals surface area (Å²) in [6, 6.07) is 8.44. The van der Waals surface area contributed by atoms with Crippen LogP contribution >= 0.6 is 0 Å². The molecule has 0 aromatic heterocycles. The van der Waals surface area contributed by atoms with Crippen LogP contribution in [0.25, 0.3) is 0 Å². The molecule has 1 unspecified atom stereocenters. The van der Waals surface area contributed by atoms with Crippen LogP contribution in [-0.2, 0) is 4.79 Å². The minimum Gasteiger partial charge on any atom is -0.383 e. The fourth-order valence-electron chi connectivity index (χ4n) is 4.18. The molecule has 2 nitrogen and oxygen atoms in total. The van der Waals surface area contributed by atoms with E-state index < -0.39 is 5.60 Å². The van der Waals surface area contributed by atoms with Gasteiger partial charge in [0.1, 0.15) is 5.60 Å². The second-order valence-corrected chi connectivity index (χ2v) is 9.97. The molecule has 0 aliphatic rings. The Morgan fingerprint density at radius 1 is 0.767 bits per heavy atom. The Morgan fingerprint density at radius 2 is 1.17 bits per heavy atom. The van der Waals surface area contributed by atoms with Crippen LogP contribution in [0.2, 0.25) is 0 Å². The first-order chi connectivity index (χ1) is 14.3. The van der Waals surface area contributed by atoms with E-state index in [1.54, 1.807) is 13.8 Å². The van der Waals surface area contributed by atoms with Gasteiger partial charge < -0.3 is 5.11 Å². The van der Waals surface area contributed by atoms with Crippen LogP contribution < -0.4 is 0 Å². The van der Waals surface area contributed by atoms with E-state index in [9.17, 15) is 9.90 Å². The van der Waals surface area contributed by atoms with Crippen molar-refractivity contribution in [2.45, 2.75) is 136 Å². The summed E-state index contributed by atoms with van der Waals surface area (Å²) in [5.74, 6) is 0.232. The molecule has 30 heavy (non-hydrogen) atoms. The van der Waals surface area contributed by atoms with E-state index in [0.717, 1.165) is 18.4 Å². The third-order valence-electron chi connectivity index (χ3n) is 6.27. The Bertz CT molecular complexity index is 565. The predicted octanol–water partition coefficient (Wildman–Crippen LogP) is 8.32. The highest BCUT2D eigenvalue weighted by Crippen LogP contribution is 2.29. The number of ketones is 1. The van der Waals surface area contributed by atoms with Crippen molar-refractivity contribution in [2.75, 3.05) is 0 Å². The lowest BCUT2D eigenvalue weighted by Crippen LogP contribution is -2.35. The molecule has 0 bridgehead atoms. The van der Waals surface area contributed by atoms with Gasteiger partial charge in [0, 0.05) is 5.92 Å². The smallest absolute Gasteiger partial charge is 0.171 e. The van der Waals surface area contributed by atoms with Gasteiger partial charge in [-0.15, -0.1) is 0 Å². The zero-order valence-corrected chi connectivity index (χ0v) is 20.5. The lowest BCUT2D eigenvalue weighted by Gasteiger charge is -2.24. The molecule has 0 fully saturated rings. The summed E-state index contributed by atoms with van der Waals surface area (Å²) in [5.41, 5.74) is 1.06. The Balaban J connectivity index is 2.37. The Kier molecular flexibility index (Phi) is 13.3. The summed E-state index contributed by atoms with van der Waals surface area (Å²) in [6.45, 7) is 9.87. The first-order valence-electron chi connectivity index (χ1n) is 12.6. The number of hydrogen-bond acceptors (Lipinski definition) is 2. The van der Waals surface area contributed by atoms with Crippen LogP contribution in [0.15, 0.2) is 24.3 Å². The molecule has 1 aromatic carbocycles. The van der Waals surface area contributed by atoms with Crippen molar-refractivity contribution in [3.05, 3.63) is 35.4 Å². The molecule has 0 saturated heterocycles. The molecule has 1 rings (SSSR count). The fraction of sp³-hybridized carbons (Fsp3) is 0.750. The van der Waals surface area contributed by atoms with Gasteiger partial charge >= 0.3 is 0 Å². The first-order valence-corrected chi connectivity index (χ1v) is 12.6. The van der Waals surface area contributed by atoms with Crippen molar-refractivity contribution in [3.8, 4) is 0 Å². The normalized spacial score (nSPS) is 13.0. The summed E-state index contributed by atoms with van der Waals surface area (Å²) >= 11 is 0. The Morgan fingerprint density at radius 3 is 1.57 bits per heavy atom. The zero-order valence-electron chi connectivity index (χ0n) is 20.5. The van der Waals surface area contributed by atoms with Gasteiger partial charge in [0.2, 0.25) is 0 Å². The quantitative estimate of drug-likeness (QED) is 0.259. The molecule has 0 aliphatic heterocycles. The number of hydrogen-bond donors (Lipinski definition) is 1. The molecule has 172 valence electrons. The highest BCUT2D eigenvalue weighted by atomic mass is 16.3. The van der Waals surface area contributed by atoms with Crippen molar-refractivity contribution < 1.29 is 9.90 Å². The number of Topliss-reactive ketones (excluding diaryl/α,β-unsaturated/α-hetero) is 1. The molecular weight excluding hydrogens is 368 g/mol. The standard InChI is InChI=1S/C28H48O2/c1-6-7-8-9-10-11-12-13-14-15-16-17-18-26(27(29)28(4,5)30)25-21-19-24(20-22-25)23(2)3/h19-23,26,30H,6-18H2,1-5H3. The molecule has 0 heterocycles. The largest absolute Gasteiger partial charge is 0.383 e. The second kappa shape index (κ2) is 14.8. The van der Waals surface area contributed by atoms with Crippen LogP contribution in [0.3, 0.4) is 0 Å². The number of carbonyl (C=O) groups is 1. The molecule has 1 N–H and O–H groups in total. The zero-order chi connectivity index (χ0) is 22.4. The van der Waals surface area contributed by atoms with E-state index in [1.807, 2.05) is 0 Å². The Hall–Kier alpha value is -1.15. The maximum absolute atomic E-state index is 12.9. The number of rotatable bonds is 17. The maximum atomic E-state index is 12.9. The molecule has 2 heteroatoms. The summed E-state index contributed by atoms with van der Waals surface area (Å²) in [5, 5.41) is 10.3. The average Bonchev–Trinajstić information content (AvgIpc) is 2.70. The van der Waals surface area contributed by atoms with Gasteiger partial charge in [0.15, 0.2) is 5.78 Å². The summed E-state index contributed by atoms with van der Waals surface area (Å²) in [7, 11) is 0. The van der Waals surface area contributed by atoms with Crippen LogP contribution in [0.5, 0.6) is 0 Å². The molecule has 1 aromatic rings. The van der Waals surface area contributed by atoms with E-state index in [2.05, 4.69) is 45.0 Å².